The quantitative estimate of drug-likeness (QED) is 0.622. The number of pyridine rings is 1. The zero-order chi connectivity index (χ0) is 19.5. The van der Waals surface area contributed by atoms with Crippen LogP contribution in [-0.4, -0.2) is 34.2 Å². The van der Waals surface area contributed by atoms with Crippen molar-refractivity contribution in [1.29, 1.82) is 0 Å². The van der Waals surface area contributed by atoms with Crippen molar-refractivity contribution in [2.75, 3.05) is 24.6 Å². The van der Waals surface area contributed by atoms with Crippen LogP contribution in [0.3, 0.4) is 0 Å². The molecular formula is C21H21BrN4O2. The van der Waals surface area contributed by atoms with Crippen molar-refractivity contribution in [3.05, 3.63) is 75.2 Å². The average molecular weight is 441 g/mol. The highest BCUT2D eigenvalue weighted by atomic mass is 79.9. The lowest BCUT2D eigenvalue weighted by atomic mass is 10.1. The van der Waals surface area contributed by atoms with Gasteiger partial charge in [0.05, 0.1) is 12.2 Å². The topological polar surface area (TPSA) is 60.2 Å². The van der Waals surface area contributed by atoms with Crippen molar-refractivity contribution < 1.29 is 4.74 Å². The Morgan fingerprint density at radius 3 is 2.79 bits per heavy atom. The Morgan fingerprint density at radius 1 is 1.18 bits per heavy atom. The normalized spacial score (nSPS) is 17.4. The number of nitrogens with zero attached hydrogens (tertiary/aromatic N) is 4. The molecule has 1 fully saturated rings. The monoisotopic (exact) mass is 440 g/mol. The molecule has 1 aliphatic rings. The smallest absolute Gasteiger partial charge is 0.255 e. The number of ether oxygens (including phenoxy) is 1. The zero-order valence-corrected chi connectivity index (χ0v) is 17.2. The first kappa shape index (κ1) is 18.8. The highest BCUT2D eigenvalue weighted by Crippen LogP contribution is 2.27. The van der Waals surface area contributed by atoms with Crippen molar-refractivity contribution in [3.8, 4) is 11.3 Å². The molecule has 144 valence electrons. The van der Waals surface area contributed by atoms with Crippen LogP contribution in [0.15, 0.2) is 64.1 Å². The lowest BCUT2D eigenvalue weighted by Crippen LogP contribution is -2.34. The Kier molecular flexibility index (Phi) is 5.54. The maximum atomic E-state index is 12.6. The molecule has 4 rings (SSSR count). The van der Waals surface area contributed by atoms with Crippen LogP contribution in [0.2, 0.25) is 0 Å². The maximum absolute atomic E-state index is 12.6. The summed E-state index contributed by atoms with van der Waals surface area (Å²) in [5.74, 6) is 0.657. The van der Waals surface area contributed by atoms with Gasteiger partial charge in [0.2, 0.25) is 5.95 Å². The highest BCUT2D eigenvalue weighted by molar-refractivity contribution is 9.10. The summed E-state index contributed by atoms with van der Waals surface area (Å²) in [4.78, 5) is 23.6. The molecule has 1 aromatic carbocycles. The van der Waals surface area contributed by atoms with Crippen molar-refractivity contribution in [1.82, 2.24) is 14.5 Å². The summed E-state index contributed by atoms with van der Waals surface area (Å²) in [5.41, 5.74) is 2.56. The predicted molar refractivity (Wildman–Crippen MR) is 112 cm³/mol. The molecule has 7 heteroatoms. The van der Waals surface area contributed by atoms with Crippen LogP contribution in [0.1, 0.15) is 18.1 Å². The second-order valence-electron chi connectivity index (χ2n) is 6.79. The fourth-order valence-electron chi connectivity index (χ4n) is 3.40. The fraction of sp³-hybridized carbons (Fsp3) is 0.286. The lowest BCUT2D eigenvalue weighted by molar-refractivity contribution is 0.0685. The number of hydrogen-bond donors (Lipinski definition) is 0. The molecule has 0 amide bonds. The van der Waals surface area contributed by atoms with Crippen LogP contribution in [0.5, 0.6) is 0 Å². The first-order valence-corrected chi connectivity index (χ1v) is 10.0. The number of halogens is 1. The van der Waals surface area contributed by atoms with Gasteiger partial charge in [0.1, 0.15) is 6.10 Å². The van der Waals surface area contributed by atoms with Gasteiger partial charge < -0.3 is 9.64 Å². The summed E-state index contributed by atoms with van der Waals surface area (Å²) in [7, 11) is 1.76. The molecule has 6 nitrogen and oxygen atoms in total. The number of benzene rings is 1. The Morgan fingerprint density at radius 2 is 2.00 bits per heavy atom. The second kappa shape index (κ2) is 8.24. The van der Waals surface area contributed by atoms with Gasteiger partial charge in [0, 0.05) is 48.7 Å². The van der Waals surface area contributed by atoms with Crippen molar-refractivity contribution in [2.45, 2.75) is 12.5 Å². The van der Waals surface area contributed by atoms with Gasteiger partial charge >= 0.3 is 0 Å². The molecule has 3 heterocycles. The number of rotatable bonds is 3. The van der Waals surface area contributed by atoms with Gasteiger partial charge in [-0.3, -0.25) is 14.3 Å². The fourth-order valence-corrected chi connectivity index (χ4v) is 3.81. The minimum absolute atomic E-state index is 0.0820. The molecule has 0 radical (unpaired) electrons. The molecule has 0 N–H and O–H groups in total. The van der Waals surface area contributed by atoms with Gasteiger partial charge in [-0.1, -0.05) is 28.1 Å². The summed E-state index contributed by atoms with van der Waals surface area (Å²) >= 11 is 3.53. The van der Waals surface area contributed by atoms with Crippen LogP contribution in [0, 0.1) is 0 Å². The molecule has 1 aliphatic heterocycles. The molecule has 0 saturated carbocycles. The third-order valence-corrected chi connectivity index (χ3v) is 5.36. The first-order valence-electron chi connectivity index (χ1n) is 9.22. The first-order chi connectivity index (χ1) is 13.6. The lowest BCUT2D eigenvalue weighted by Gasteiger charge is -2.27. The maximum Gasteiger partial charge on any atom is 0.255 e. The Labute approximate surface area is 172 Å². The standard InChI is InChI=1S/C21H21BrN4O2/c1-25-20(27)13-18(15-6-8-23-9-7-15)24-21(25)26-10-3-11-28-19(14-26)16-4-2-5-17(22)12-16/h2,4-9,12-13,19H,3,10-11,14H2,1H3. The molecule has 0 aliphatic carbocycles. The summed E-state index contributed by atoms with van der Waals surface area (Å²) in [6.45, 7) is 2.09. The van der Waals surface area contributed by atoms with E-state index in [9.17, 15) is 4.79 Å². The van der Waals surface area contributed by atoms with E-state index in [0.717, 1.165) is 28.6 Å². The second-order valence-corrected chi connectivity index (χ2v) is 7.70. The third-order valence-electron chi connectivity index (χ3n) is 4.87. The van der Waals surface area contributed by atoms with Gasteiger partial charge in [-0.15, -0.1) is 0 Å². The number of hydrogen-bond acceptors (Lipinski definition) is 5. The third kappa shape index (κ3) is 4.00. The van der Waals surface area contributed by atoms with Gasteiger partial charge in [-0.05, 0) is 36.2 Å². The summed E-state index contributed by atoms with van der Waals surface area (Å²) in [6, 6.07) is 13.5. The van der Waals surface area contributed by atoms with Gasteiger partial charge in [0.15, 0.2) is 0 Å². The van der Waals surface area contributed by atoms with Crippen LogP contribution in [0.4, 0.5) is 5.95 Å². The number of aromatic nitrogens is 3. The van der Waals surface area contributed by atoms with E-state index in [-0.39, 0.29) is 11.7 Å². The minimum atomic E-state index is -0.0824. The number of anilines is 1. The van der Waals surface area contributed by atoms with Crippen LogP contribution in [0.25, 0.3) is 11.3 Å². The molecule has 1 saturated heterocycles. The summed E-state index contributed by atoms with van der Waals surface area (Å²) in [5, 5.41) is 0. The average Bonchev–Trinajstić information content (AvgIpc) is 2.97. The Balaban J connectivity index is 1.70. The molecule has 1 unspecified atom stereocenters. The highest BCUT2D eigenvalue weighted by Gasteiger charge is 2.23. The van der Waals surface area contributed by atoms with Crippen molar-refractivity contribution >= 4 is 21.9 Å². The van der Waals surface area contributed by atoms with Gasteiger partial charge in [0.25, 0.3) is 5.56 Å². The SMILES string of the molecule is Cn1c(N2CCCOC(c3cccc(Br)c3)C2)nc(-c2ccncc2)cc1=O. The van der Waals surface area contributed by atoms with Gasteiger partial charge in [-0.2, -0.15) is 0 Å². The van der Waals surface area contributed by atoms with E-state index >= 15 is 0 Å². The van der Waals surface area contributed by atoms with E-state index in [1.54, 1.807) is 30.1 Å². The predicted octanol–water partition coefficient (Wildman–Crippen LogP) is 3.57. The van der Waals surface area contributed by atoms with E-state index in [4.69, 9.17) is 9.72 Å². The summed E-state index contributed by atoms with van der Waals surface area (Å²) in [6.07, 6.45) is 4.20. The van der Waals surface area contributed by atoms with E-state index in [1.807, 2.05) is 24.3 Å². The van der Waals surface area contributed by atoms with Crippen LogP contribution in [-0.2, 0) is 11.8 Å². The molecule has 3 aromatic rings. The molecular weight excluding hydrogens is 420 g/mol. The van der Waals surface area contributed by atoms with E-state index in [0.29, 0.717) is 24.8 Å². The minimum Gasteiger partial charge on any atom is -0.372 e. The summed E-state index contributed by atoms with van der Waals surface area (Å²) < 4.78 is 8.72. The van der Waals surface area contributed by atoms with E-state index in [2.05, 4.69) is 37.9 Å². The molecule has 28 heavy (non-hydrogen) atoms. The molecule has 2 aromatic heterocycles. The molecule has 0 spiro atoms. The zero-order valence-electron chi connectivity index (χ0n) is 15.6. The molecule has 0 bridgehead atoms. The Bertz CT molecular complexity index is 1020. The Hall–Kier alpha value is -2.51. The van der Waals surface area contributed by atoms with Crippen molar-refractivity contribution in [2.24, 2.45) is 7.05 Å². The molecule has 1 atom stereocenters. The largest absolute Gasteiger partial charge is 0.372 e. The van der Waals surface area contributed by atoms with Crippen molar-refractivity contribution in [3.63, 3.8) is 0 Å². The van der Waals surface area contributed by atoms with Crippen LogP contribution < -0.4 is 10.5 Å². The van der Waals surface area contributed by atoms with Crippen LogP contribution >= 0.6 is 15.9 Å². The van der Waals surface area contributed by atoms with Gasteiger partial charge in [-0.25, -0.2) is 4.98 Å². The van der Waals surface area contributed by atoms with E-state index in [1.165, 1.54) is 0 Å². The van der Waals surface area contributed by atoms with E-state index < -0.39 is 0 Å².